The third-order valence-corrected chi connectivity index (χ3v) is 4.59. The van der Waals surface area contributed by atoms with Crippen molar-refractivity contribution in [1.82, 2.24) is 14.4 Å². The zero-order valence-corrected chi connectivity index (χ0v) is 14.8. The van der Waals surface area contributed by atoms with E-state index < -0.39 is 11.7 Å². The van der Waals surface area contributed by atoms with Gasteiger partial charge in [-0.15, -0.1) is 0 Å². The van der Waals surface area contributed by atoms with E-state index in [1.54, 1.807) is 18.2 Å². The van der Waals surface area contributed by atoms with Gasteiger partial charge in [0.2, 0.25) is 0 Å². The minimum Gasteiger partial charge on any atom is -0.366 e. The molecule has 2 aromatic carbocycles. The predicted octanol–water partition coefficient (Wildman–Crippen LogP) is 4.06. The highest BCUT2D eigenvalue weighted by Gasteiger charge is 2.18. The predicted molar refractivity (Wildman–Crippen MR) is 98.9 cm³/mol. The van der Waals surface area contributed by atoms with Gasteiger partial charge in [-0.3, -0.25) is 9.20 Å². The molecule has 2 N–H and O–H groups in total. The van der Waals surface area contributed by atoms with Crippen molar-refractivity contribution in [2.45, 2.75) is 13.8 Å². The summed E-state index contributed by atoms with van der Waals surface area (Å²) in [7, 11) is 0. The van der Waals surface area contributed by atoms with E-state index in [0.29, 0.717) is 16.4 Å². The Morgan fingerprint density at radius 1 is 1.12 bits per heavy atom. The third kappa shape index (κ3) is 2.42. The van der Waals surface area contributed by atoms with Gasteiger partial charge in [0.15, 0.2) is 0 Å². The molecule has 0 aliphatic rings. The van der Waals surface area contributed by atoms with Crippen molar-refractivity contribution in [3.8, 4) is 11.4 Å². The van der Waals surface area contributed by atoms with Crippen molar-refractivity contribution < 1.29 is 9.18 Å². The first-order chi connectivity index (χ1) is 12.4. The van der Waals surface area contributed by atoms with Gasteiger partial charge < -0.3 is 5.73 Å². The van der Waals surface area contributed by atoms with Crippen LogP contribution < -0.4 is 5.73 Å². The average molecular weight is 369 g/mol. The van der Waals surface area contributed by atoms with Crippen LogP contribution in [0.15, 0.2) is 36.4 Å². The van der Waals surface area contributed by atoms with Crippen molar-refractivity contribution in [3.05, 3.63) is 64.2 Å². The van der Waals surface area contributed by atoms with Crippen molar-refractivity contribution in [2.24, 2.45) is 5.73 Å². The minimum atomic E-state index is -0.826. The summed E-state index contributed by atoms with van der Waals surface area (Å²) < 4.78 is 15.8. The Kier molecular flexibility index (Phi) is 3.66. The number of aryl methyl sites for hydroxylation is 2. The van der Waals surface area contributed by atoms with Crippen molar-refractivity contribution in [3.63, 3.8) is 0 Å². The number of aromatic nitrogens is 3. The number of nitrogens with two attached hydrogens (primary N) is 1. The first kappa shape index (κ1) is 16.5. The second-order valence-electron chi connectivity index (χ2n) is 6.09. The molecule has 4 aromatic rings. The zero-order chi connectivity index (χ0) is 18.6. The Labute approximate surface area is 153 Å². The summed E-state index contributed by atoms with van der Waals surface area (Å²) in [6.07, 6.45) is 0. The van der Waals surface area contributed by atoms with Crippen LogP contribution in [0.5, 0.6) is 0 Å². The van der Waals surface area contributed by atoms with Crippen LogP contribution in [-0.4, -0.2) is 20.3 Å². The highest BCUT2D eigenvalue weighted by atomic mass is 35.5. The van der Waals surface area contributed by atoms with Gasteiger partial charge in [0.25, 0.3) is 5.91 Å². The molecule has 7 heteroatoms. The van der Waals surface area contributed by atoms with Crippen LogP contribution in [0.3, 0.4) is 0 Å². The van der Waals surface area contributed by atoms with E-state index in [4.69, 9.17) is 17.3 Å². The number of benzene rings is 2. The highest BCUT2D eigenvalue weighted by molar-refractivity contribution is 6.31. The number of halogens is 2. The molecule has 0 bridgehead atoms. The van der Waals surface area contributed by atoms with Crippen LogP contribution in [0, 0.1) is 19.7 Å². The van der Waals surface area contributed by atoms with Gasteiger partial charge >= 0.3 is 0 Å². The number of imidazole rings is 1. The summed E-state index contributed by atoms with van der Waals surface area (Å²) in [6, 6.07) is 9.62. The standard InChI is InChI=1S/C19H14ClFN4O/c1-9-17-10(2)24-19(11-3-5-14(21)13(7-11)18(22)26)25(17)16-8-12(20)4-6-15(16)23-9/h3-8H,1-2H3,(H2,22,26). The van der Waals surface area contributed by atoms with Gasteiger partial charge in [-0.1, -0.05) is 11.6 Å². The summed E-state index contributed by atoms with van der Waals surface area (Å²) in [6.45, 7) is 3.78. The van der Waals surface area contributed by atoms with Gasteiger partial charge in [-0.05, 0) is 50.2 Å². The molecule has 0 radical (unpaired) electrons. The van der Waals surface area contributed by atoms with Crippen LogP contribution in [0.1, 0.15) is 21.7 Å². The summed E-state index contributed by atoms with van der Waals surface area (Å²) >= 11 is 6.18. The molecule has 0 unspecified atom stereocenters. The molecule has 1 amide bonds. The monoisotopic (exact) mass is 368 g/mol. The van der Waals surface area contributed by atoms with Crippen molar-refractivity contribution in [1.29, 1.82) is 0 Å². The lowest BCUT2D eigenvalue weighted by molar-refractivity contribution is 0.0996. The molecule has 0 aliphatic carbocycles. The number of rotatable bonds is 2. The van der Waals surface area contributed by atoms with Crippen LogP contribution in [0.4, 0.5) is 4.39 Å². The molecule has 0 saturated carbocycles. The van der Waals surface area contributed by atoms with Crippen LogP contribution in [0.25, 0.3) is 27.9 Å². The van der Waals surface area contributed by atoms with Crippen molar-refractivity contribution >= 4 is 34.1 Å². The Morgan fingerprint density at radius 2 is 1.85 bits per heavy atom. The van der Waals surface area contributed by atoms with Crippen LogP contribution in [0.2, 0.25) is 5.02 Å². The molecule has 0 spiro atoms. The van der Waals surface area contributed by atoms with E-state index in [1.165, 1.54) is 12.1 Å². The molecule has 0 saturated heterocycles. The van der Waals surface area contributed by atoms with Gasteiger partial charge in [0, 0.05) is 10.6 Å². The second-order valence-corrected chi connectivity index (χ2v) is 6.53. The maximum absolute atomic E-state index is 13.9. The number of hydrogen-bond acceptors (Lipinski definition) is 3. The van der Waals surface area contributed by atoms with E-state index in [1.807, 2.05) is 24.3 Å². The smallest absolute Gasteiger partial charge is 0.251 e. The molecule has 2 aromatic heterocycles. The van der Waals surface area contributed by atoms with E-state index in [2.05, 4.69) is 9.97 Å². The van der Waals surface area contributed by atoms with Gasteiger partial charge in [-0.2, -0.15) is 0 Å². The summed E-state index contributed by atoms with van der Waals surface area (Å²) in [4.78, 5) is 20.8. The maximum Gasteiger partial charge on any atom is 0.251 e. The summed E-state index contributed by atoms with van der Waals surface area (Å²) in [5.74, 6) is -0.921. The van der Waals surface area contributed by atoms with Gasteiger partial charge in [0.05, 0.1) is 33.5 Å². The summed E-state index contributed by atoms with van der Waals surface area (Å²) in [5.41, 5.74) is 9.65. The fourth-order valence-electron chi connectivity index (χ4n) is 3.24. The molecule has 130 valence electrons. The maximum atomic E-state index is 13.9. The largest absolute Gasteiger partial charge is 0.366 e. The van der Waals surface area contributed by atoms with E-state index >= 15 is 0 Å². The van der Waals surface area contributed by atoms with E-state index in [0.717, 1.165) is 27.9 Å². The van der Waals surface area contributed by atoms with Crippen LogP contribution in [-0.2, 0) is 0 Å². The SMILES string of the molecule is Cc1nc(-c2ccc(F)c(C(N)=O)c2)n2c1c(C)nc1ccc(Cl)cc12. The number of carbonyl (C=O) groups excluding carboxylic acids is 1. The lowest BCUT2D eigenvalue weighted by Crippen LogP contribution is -2.13. The van der Waals surface area contributed by atoms with Gasteiger partial charge in [0.1, 0.15) is 11.6 Å². The molecular formula is C19H14ClFN4O. The molecule has 0 fully saturated rings. The molecule has 0 atom stereocenters. The number of primary amides is 1. The normalized spacial score (nSPS) is 11.4. The Morgan fingerprint density at radius 3 is 2.58 bits per heavy atom. The quantitative estimate of drug-likeness (QED) is 0.580. The van der Waals surface area contributed by atoms with E-state index in [9.17, 15) is 9.18 Å². The highest BCUT2D eigenvalue weighted by Crippen LogP contribution is 2.30. The number of carbonyl (C=O) groups is 1. The zero-order valence-electron chi connectivity index (χ0n) is 14.0. The van der Waals surface area contributed by atoms with Gasteiger partial charge in [-0.25, -0.2) is 14.4 Å². The molecule has 4 rings (SSSR count). The number of nitrogens with zero attached hydrogens (tertiary/aromatic N) is 3. The molecule has 2 heterocycles. The molecule has 5 nitrogen and oxygen atoms in total. The second kappa shape index (κ2) is 5.78. The Hall–Kier alpha value is -2.99. The fraction of sp³-hybridized carbons (Fsp3) is 0.105. The lowest BCUT2D eigenvalue weighted by atomic mass is 10.1. The molecular weight excluding hydrogens is 355 g/mol. The average Bonchev–Trinajstić information content (AvgIpc) is 2.94. The fourth-order valence-corrected chi connectivity index (χ4v) is 3.40. The Balaban J connectivity index is 2.14. The van der Waals surface area contributed by atoms with Crippen LogP contribution >= 0.6 is 11.6 Å². The molecule has 0 aliphatic heterocycles. The number of amides is 1. The number of fused-ring (bicyclic) bond motifs is 3. The molecule has 26 heavy (non-hydrogen) atoms. The first-order valence-electron chi connectivity index (χ1n) is 7.91. The topological polar surface area (TPSA) is 73.3 Å². The Bertz CT molecular complexity index is 1220. The van der Waals surface area contributed by atoms with E-state index in [-0.39, 0.29) is 5.56 Å². The number of hydrogen-bond donors (Lipinski definition) is 1. The lowest BCUT2D eigenvalue weighted by Gasteiger charge is -2.09. The first-order valence-corrected chi connectivity index (χ1v) is 8.29. The minimum absolute atomic E-state index is 0.176. The third-order valence-electron chi connectivity index (χ3n) is 4.35. The summed E-state index contributed by atoms with van der Waals surface area (Å²) in [5, 5.41) is 0.568. The van der Waals surface area contributed by atoms with Crippen molar-refractivity contribution in [2.75, 3.05) is 0 Å².